The molecule has 1 aliphatic rings. The zero-order valence-electron chi connectivity index (χ0n) is 8.74. The minimum Gasteiger partial charge on any atom is -0.394 e. The van der Waals surface area contributed by atoms with E-state index in [0.29, 0.717) is 6.04 Å². The Labute approximate surface area is 85.0 Å². The smallest absolute Gasteiger partial charge is 0.0633 e. The summed E-state index contributed by atoms with van der Waals surface area (Å²) in [6.45, 7) is 1.67. The van der Waals surface area contributed by atoms with Gasteiger partial charge in [0.1, 0.15) is 0 Å². The SMILES string of the molecule is CC(CO)(CO)NC1CCC(O)CC1. The van der Waals surface area contributed by atoms with Gasteiger partial charge in [-0.25, -0.2) is 0 Å². The van der Waals surface area contributed by atoms with Gasteiger partial charge < -0.3 is 20.6 Å². The summed E-state index contributed by atoms with van der Waals surface area (Å²) < 4.78 is 0. The Morgan fingerprint density at radius 1 is 1.14 bits per heavy atom. The average Bonchev–Trinajstić information content (AvgIpc) is 2.21. The molecular formula is C10H21NO3. The second-order valence-electron chi connectivity index (χ2n) is 4.53. The third-order valence-electron chi connectivity index (χ3n) is 2.95. The predicted molar refractivity (Wildman–Crippen MR) is 54.0 cm³/mol. The number of hydrogen-bond acceptors (Lipinski definition) is 4. The largest absolute Gasteiger partial charge is 0.394 e. The van der Waals surface area contributed by atoms with Crippen LogP contribution in [0.4, 0.5) is 0 Å². The fraction of sp³-hybridized carbons (Fsp3) is 1.00. The van der Waals surface area contributed by atoms with Crippen LogP contribution in [0.25, 0.3) is 0 Å². The summed E-state index contributed by atoms with van der Waals surface area (Å²) in [5.41, 5.74) is -0.590. The van der Waals surface area contributed by atoms with Crippen molar-refractivity contribution in [3.05, 3.63) is 0 Å². The number of aliphatic hydroxyl groups is 3. The van der Waals surface area contributed by atoms with Gasteiger partial charge >= 0.3 is 0 Å². The fourth-order valence-electron chi connectivity index (χ4n) is 1.85. The van der Waals surface area contributed by atoms with Crippen molar-refractivity contribution in [2.45, 2.75) is 50.3 Å². The van der Waals surface area contributed by atoms with Crippen LogP contribution in [0.3, 0.4) is 0 Å². The molecule has 14 heavy (non-hydrogen) atoms. The predicted octanol–water partition coefficient (Wildman–Crippen LogP) is -0.377. The van der Waals surface area contributed by atoms with Crippen LogP contribution in [-0.4, -0.2) is 46.2 Å². The van der Waals surface area contributed by atoms with Gasteiger partial charge in [0, 0.05) is 6.04 Å². The molecule has 0 aromatic carbocycles. The molecule has 1 saturated carbocycles. The van der Waals surface area contributed by atoms with Crippen molar-refractivity contribution in [2.24, 2.45) is 0 Å². The molecule has 0 heterocycles. The quantitative estimate of drug-likeness (QED) is 0.503. The maximum Gasteiger partial charge on any atom is 0.0633 e. The Morgan fingerprint density at radius 2 is 1.64 bits per heavy atom. The molecule has 0 radical (unpaired) electrons. The molecule has 4 nitrogen and oxygen atoms in total. The van der Waals surface area contributed by atoms with E-state index in [9.17, 15) is 5.11 Å². The number of aliphatic hydroxyl groups excluding tert-OH is 3. The molecule has 4 heteroatoms. The van der Waals surface area contributed by atoms with Crippen LogP contribution in [-0.2, 0) is 0 Å². The summed E-state index contributed by atoms with van der Waals surface area (Å²) in [6, 6.07) is 0.308. The third kappa shape index (κ3) is 3.20. The van der Waals surface area contributed by atoms with Crippen LogP contribution in [0, 0.1) is 0 Å². The fourth-order valence-corrected chi connectivity index (χ4v) is 1.85. The van der Waals surface area contributed by atoms with E-state index in [-0.39, 0.29) is 19.3 Å². The second kappa shape index (κ2) is 5.07. The van der Waals surface area contributed by atoms with Crippen LogP contribution in [0.1, 0.15) is 32.6 Å². The number of nitrogens with one attached hydrogen (secondary N) is 1. The van der Waals surface area contributed by atoms with Crippen LogP contribution in [0.15, 0.2) is 0 Å². The summed E-state index contributed by atoms with van der Waals surface area (Å²) in [7, 11) is 0. The maximum atomic E-state index is 9.31. The Balaban J connectivity index is 2.36. The third-order valence-corrected chi connectivity index (χ3v) is 2.95. The van der Waals surface area contributed by atoms with Crippen LogP contribution >= 0.6 is 0 Å². The van der Waals surface area contributed by atoms with Crippen molar-refractivity contribution < 1.29 is 15.3 Å². The summed E-state index contributed by atoms with van der Waals surface area (Å²) in [5.74, 6) is 0. The van der Waals surface area contributed by atoms with Gasteiger partial charge in [-0.15, -0.1) is 0 Å². The molecule has 0 aliphatic heterocycles. The number of hydrogen-bond donors (Lipinski definition) is 4. The molecular weight excluding hydrogens is 182 g/mol. The monoisotopic (exact) mass is 203 g/mol. The van der Waals surface area contributed by atoms with E-state index in [1.165, 1.54) is 0 Å². The minimum atomic E-state index is -0.590. The first-order valence-corrected chi connectivity index (χ1v) is 5.27. The van der Waals surface area contributed by atoms with Crippen molar-refractivity contribution in [3.63, 3.8) is 0 Å². The topological polar surface area (TPSA) is 72.7 Å². The average molecular weight is 203 g/mol. The molecule has 0 spiro atoms. The molecule has 4 N–H and O–H groups in total. The summed E-state index contributed by atoms with van der Waals surface area (Å²) in [5, 5.41) is 30.7. The Hall–Kier alpha value is -0.160. The highest BCUT2D eigenvalue weighted by Gasteiger charge is 2.28. The normalized spacial score (nSPS) is 29.1. The first kappa shape index (κ1) is 11.9. The first-order valence-electron chi connectivity index (χ1n) is 5.27. The molecule has 84 valence electrons. The zero-order chi connectivity index (χ0) is 10.6. The lowest BCUT2D eigenvalue weighted by atomic mass is 9.91. The van der Waals surface area contributed by atoms with E-state index in [0.717, 1.165) is 25.7 Å². The van der Waals surface area contributed by atoms with Gasteiger partial charge in [0.2, 0.25) is 0 Å². The number of rotatable bonds is 4. The van der Waals surface area contributed by atoms with Crippen LogP contribution in [0.5, 0.6) is 0 Å². The molecule has 0 atom stereocenters. The summed E-state index contributed by atoms with van der Waals surface area (Å²) in [6.07, 6.45) is 3.28. The van der Waals surface area contributed by atoms with Crippen molar-refractivity contribution >= 4 is 0 Å². The van der Waals surface area contributed by atoms with E-state index in [1.54, 1.807) is 6.92 Å². The molecule has 0 aromatic rings. The summed E-state index contributed by atoms with van der Waals surface area (Å²) >= 11 is 0. The maximum absolute atomic E-state index is 9.31. The highest BCUT2D eigenvalue weighted by atomic mass is 16.3. The van der Waals surface area contributed by atoms with Crippen molar-refractivity contribution in [1.29, 1.82) is 0 Å². The lowest BCUT2D eigenvalue weighted by Gasteiger charge is -2.35. The van der Waals surface area contributed by atoms with E-state index in [1.807, 2.05) is 0 Å². The molecule has 0 saturated heterocycles. The van der Waals surface area contributed by atoms with E-state index >= 15 is 0 Å². The van der Waals surface area contributed by atoms with Crippen molar-refractivity contribution in [1.82, 2.24) is 5.32 Å². The van der Waals surface area contributed by atoms with E-state index in [2.05, 4.69) is 5.32 Å². The van der Waals surface area contributed by atoms with Gasteiger partial charge in [-0.1, -0.05) is 0 Å². The second-order valence-corrected chi connectivity index (χ2v) is 4.53. The van der Waals surface area contributed by atoms with Crippen molar-refractivity contribution in [2.75, 3.05) is 13.2 Å². The van der Waals surface area contributed by atoms with Gasteiger partial charge in [0.25, 0.3) is 0 Å². The Morgan fingerprint density at radius 3 is 2.07 bits per heavy atom. The first-order chi connectivity index (χ1) is 6.59. The molecule has 1 rings (SSSR count). The minimum absolute atomic E-state index is 0.0669. The van der Waals surface area contributed by atoms with Crippen LogP contribution in [0.2, 0.25) is 0 Å². The van der Waals surface area contributed by atoms with Gasteiger partial charge in [-0.05, 0) is 32.6 Å². The van der Waals surface area contributed by atoms with Gasteiger partial charge in [0.05, 0.1) is 24.9 Å². The molecule has 1 fully saturated rings. The molecule has 0 amide bonds. The molecule has 0 bridgehead atoms. The van der Waals surface area contributed by atoms with Crippen LogP contribution < -0.4 is 5.32 Å². The Kier molecular flexibility index (Phi) is 4.31. The van der Waals surface area contributed by atoms with E-state index < -0.39 is 5.54 Å². The standard InChI is InChI=1S/C10H21NO3/c1-10(6-12,7-13)11-8-2-4-9(14)5-3-8/h8-9,11-14H,2-7H2,1H3. The molecule has 1 aliphatic carbocycles. The van der Waals surface area contributed by atoms with Crippen molar-refractivity contribution in [3.8, 4) is 0 Å². The van der Waals surface area contributed by atoms with Gasteiger partial charge in [0.15, 0.2) is 0 Å². The lowest BCUT2D eigenvalue weighted by molar-refractivity contribution is 0.0691. The molecule has 0 unspecified atom stereocenters. The lowest BCUT2D eigenvalue weighted by Crippen LogP contribution is -2.54. The zero-order valence-corrected chi connectivity index (χ0v) is 8.74. The van der Waals surface area contributed by atoms with Gasteiger partial charge in [-0.3, -0.25) is 0 Å². The van der Waals surface area contributed by atoms with E-state index in [4.69, 9.17) is 10.2 Å². The summed E-state index contributed by atoms with van der Waals surface area (Å²) in [4.78, 5) is 0. The molecule has 0 aromatic heterocycles. The Bertz CT molecular complexity index is 163. The van der Waals surface area contributed by atoms with Gasteiger partial charge in [-0.2, -0.15) is 0 Å². The highest BCUT2D eigenvalue weighted by Crippen LogP contribution is 2.20. The highest BCUT2D eigenvalue weighted by molar-refractivity contribution is 4.87.